The molecule has 0 radical (unpaired) electrons. The van der Waals surface area contributed by atoms with Crippen molar-refractivity contribution >= 4 is 39.5 Å². The van der Waals surface area contributed by atoms with Gasteiger partial charge in [0.25, 0.3) is 0 Å². The topological polar surface area (TPSA) is 237 Å². The van der Waals surface area contributed by atoms with Crippen molar-refractivity contribution in [3.05, 3.63) is 0 Å². The van der Waals surface area contributed by atoms with Crippen LogP contribution in [0.5, 0.6) is 0 Å². The Balaban J connectivity index is 5.20. The number of aliphatic hydroxyl groups excluding tert-OH is 1. The molecule has 0 aliphatic heterocycles. The lowest BCUT2D eigenvalue weighted by atomic mass is 9.99. The fourth-order valence-electron chi connectivity index (χ4n) is 11.2. The molecule has 0 bridgehead atoms. The van der Waals surface area contributed by atoms with Crippen molar-refractivity contribution in [2.45, 2.75) is 388 Å². The van der Waals surface area contributed by atoms with Crippen molar-refractivity contribution in [1.29, 1.82) is 0 Å². The zero-order chi connectivity index (χ0) is 68.9. The Morgan fingerprint density at radius 2 is 0.516 bits per heavy atom. The number of hydrogen-bond acceptors (Lipinski definition) is 15. The summed E-state index contributed by atoms with van der Waals surface area (Å²) in [5, 5.41) is 10.6. The Morgan fingerprint density at radius 3 is 0.763 bits per heavy atom. The molecule has 0 rings (SSSR count). The quantitative estimate of drug-likeness (QED) is 0.0222. The third-order valence-electron chi connectivity index (χ3n) is 17.4. The highest BCUT2D eigenvalue weighted by atomic mass is 31.2. The molecule has 6 atom stereocenters. The smallest absolute Gasteiger partial charge is 0.462 e. The summed E-state index contributed by atoms with van der Waals surface area (Å²) in [5.74, 6) is 0.893. The predicted molar refractivity (Wildman–Crippen MR) is 377 cm³/mol. The number of phosphoric acid groups is 2. The molecule has 0 saturated heterocycles. The van der Waals surface area contributed by atoms with Crippen molar-refractivity contribution < 1.29 is 80.2 Å². The molecule has 0 aromatic rings. The Kier molecular flexibility index (Phi) is 62.2. The molecule has 0 aromatic carbocycles. The Labute approximate surface area is 568 Å². The van der Waals surface area contributed by atoms with Gasteiger partial charge in [-0.1, -0.05) is 319 Å². The summed E-state index contributed by atoms with van der Waals surface area (Å²) < 4.78 is 68.4. The van der Waals surface area contributed by atoms with Gasteiger partial charge < -0.3 is 33.8 Å². The van der Waals surface area contributed by atoms with Gasteiger partial charge >= 0.3 is 39.5 Å². The van der Waals surface area contributed by atoms with E-state index in [1.54, 1.807) is 0 Å². The summed E-state index contributed by atoms with van der Waals surface area (Å²) >= 11 is 0. The average Bonchev–Trinajstić information content (AvgIpc) is 2.27. The van der Waals surface area contributed by atoms with E-state index in [4.69, 9.17) is 37.0 Å². The molecule has 4 unspecified atom stereocenters. The highest BCUT2D eigenvalue weighted by molar-refractivity contribution is 7.47. The van der Waals surface area contributed by atoms with Crippen molar-refractivity contribution in [2.75, 3.05) is 39.6 Å². The van der Waals surface area contributed by atoms with Crippen LogP contribution < -0.4 is 0 Å². The molecule has 0 amide bonds. The van der Waals surface area contributed by atoms with Crippen LogP contribution >= 0.6 is 15.6 Å². The monoisotopic (exact) mass is 1370 g/mol. The van der Waals surface area contributed by atoms with E-state index < -0.39 is 97.5 Å². The van der Waals surface area contributed by atoms with Crippen LogP contribution in [0, 0.1) is 23.7 Å². The zero-order valence-corrected chi connectivity index (χ0v) is 62.7. The normalized spacial score (nSPS) is 14.5. The summed E-state index contributed by atoms with van der Waals surface area (Å²) in [5.41, 5.74) is 0. The zero-order valence-electron chi connectivity index (χ0n) is 60.9. The van der Waals surface area contributed by atoms with Gasteiger partial charge in [0.2, 0.25) is 0 Å². The van der Waals surface area contributed by atoms with Crippen molar-refractivity contribution in [2.24, 2.45) is 23.7 Å². The average molecular weight is 1370 g/mol. The van der Waals surface area contributed by atoms with Crippen LogP contribution in [0.25, 0.3) is 0 Å². The van der Waals surface area contributed by atoms with Crippen LogP contribution in [0.2, 0.25) is 0 Å². The molecule has 0 aromatic heterocycles. The van der Waals surface area contributed by atoms with Crippen LogP contribution in [0.1, 0.15) is 370 Å². The number of phosphoric ester groups is 2. The second-order valence-corrected chi connectivity index (χ2v) is 31.3. The third kappa shape index (κ3) is 67.0. The maximum atomic E-state index is 13.0. The number of unbranched alkanes of at least 4 members (excludes halogenated alkanes) is 36. The van der Waals surface area contributed by atoms with Crippen molar-refractivity contribution in [3.8, 4) is 0 Å². The second kappa shape index (κ2) is 63.5. The highest BCUT2D eigenvalue weighted by Crippen LogP contribution is 2.45. The lowest BCUT2D eigenvalue weighted by Crippen LogP contribution is -2.30. The molecule has 19 heteroatoms. The van der Waals surface area contributed by atoms with Gasteiger partial charge in [0.1, 0.15) is 19.3 Å². The molecule has 3 N–H and O–H groups in total. The van der Waals surface area contributed by atoms with Gasteiger partial charge in [0.15, 0.2) is 12.2 Å². The van der Waals surface area contributed by atoms with Gasteiger partial charge in [0, 0.05) is 25.7 Å². The number of ether oxygens (including phenoxy) is 4. The fraction of sp³-hybridized carbons (Fsp3) is 0.946. The van der Waals surface area contributed by atoms with Gasteiger partial charge in [0.05, 0.1) is 26.4 Å². The first-order valence-electron chi connectivity index (χ1n) is 38.2. The number of carbonyl (C=O) groups is 4. The number of aliphatic hydroxyl groups is 1. The number of esters is 4. The minimum Gasteiger partial charge on any atom is -0.462 e. The first kappa shape index (κ1) is 91.1. The molecule has 0 fully saturated rings. The van der Waals surface area contributed by atoms with Crippen LogP contribution in [-0.2, 0) is 65.4 Å². The van der Waals surface area contributed by atoms with Gasteiger partial charge in [-0.05, 0) is 49.4 Å². The van der Waals surface area contributed by atoms with E-state index >= 15 is 0 Å². The summed E-state index contributed by atoms with van der Waals surface area (Å²) in [6.45, 7) is 14.1. The summed E-state index contributed by atoms with van der Waals surface area (Å²) in [7, 11) is -9.91. The maximum Gasteiger partial charge on any atom is 0.472 e. The Morgan fingerprint density at radius 1 is 0.301 bits per heavy atom. The van der Waals surface area contributed by atoms with Gasteiger partial charge in [-0.2, -0.15) is 0 Å². The van der Waals surface area contributed by atoms with Crippen LogP contribution in [0.4, 0.5) is 0 Å². The van der Waals surface area contributed by atoms with Crippen LogP contribution in [-0.4, -0.2) is 96.7 Å². The molecule has 0 aliphatic carbocycles. The van der Waals surface area contributed by atoms with E-state index in [1.807, 2.05) is 0 Å². The number of hydrogen-bond donors (Lipinski definition) is 3. The van der Waals surface area contributed by atoms with E-state index in [0.29, 0.717) is 37.5 Å². The van der Waals surface area contributed by atoms with Crippen molar-refractivity contribution in [3.63, 3.8) is 0 Å². The van der Waals surface area contributed by atoms with Crippen molar-refractivity contribution in [1.82, 2.24) is 0 Å². The van der Waals surface area contributed by atoms with E-state index in [2.05, 4.69) is 55.4 Å². The van der Waals surface area contributed by atoms with E-state index in [0.717, 1.165) is 108 Å². The molecular weight excluding hydrogens is 1220 g/mol. The molecule has 93 heavy (non-hydrogen) atoms. The first-order chi connectivity index (χ1) is 44.6. The molecule has 0 saturated carbocycles. The lowest BCUT2D eigenvalue weighted by molar-refractivity contribution is -0.161. The number of carbonyl (C=O) groups excluding carboxylic acids is 4. The minimum absolute atomic E-state index is 0.103. The minimum atomic E-state index is -4.95. The van der Waals surface area contributed by atoms with Gasteiger partial charge in [-0.15, -0.1) is 0 Å². The summed E-state index contributed by atoms with van der Waals surface area (Å²) in [6.07, 6.45) is 47.4. The molecule has 0 spiro atoms. The molecule has 0 aliphatic rings. The van der Waals surface area contributed by atoms with E-state index in [9.17, 15) is 43.2 Å². The Bertz CT molecular complexity index is 1840. The largest absolute Gasteiger partial charge is 0.472 e. The number of rotatable bonds is 71. The molecular formula is C74H144O17P2. The van der Waals surface area contributed by atoms with E-state index in [-0.39, 0.29) is 25.7 Å². The standard InChI is InChI=1S/C74H144O17P2/c1-9-67(8)53-45-37-29-21-18-19-22-30-38-46-54-71(76)84-60-70(91-74(79)57-49-41-33-25-28-36-44-52-66(6)7)63-89-93(82,83)87-59-68(75)58-86-92(80,81)88-62-69(61-85-72(77)55-47-39-32-24-27-35-43-51-65(4)5)90-73(78)56-48-40-31-23-17-15-13-11-10-12-14-16-20-26-34-42-50-64(2)3/h64-70,75H,9-63H2,1-8H3,(H,80,81)(H,82,83)/t67?,68?,69-,70-/m1/s1. The maximum absolute atomic E-state index is 13.0. The second-order valence-electron chi connectivity index (χ2n) is 28.4. The first-order valence-corrected chi connectivity index (χ1v) is 41.2. The predicted octanol–water partition coefficient (Wildman–Crippen LogP) is 21.3. The van der Waals surface area contributed by atoms with Gasteiger partial charge in [-0.25, -0.2) is 9.13 Å². The SMILES string of the molecule is CCC(C)CCCCCCCCCCCCC(=O)OC[C@H](COP(=O)(O)OCC(O)COP(=O)(O)OC[C@@H](COC(=O)CCCCCCCCCC(C)C)OC(=O)CCCCCCCCCCCCCCCCCCC(C)C)OC(=O)CCCCCCCCCC(C)C. The molecule has 552 valence electrons. The Hall–Kier alpha value is -1.94. The van der Waals surface area contributed by atoms with Gasteiger partial charge in [-0.3, -0.25) is 37.3 Å². The summed E-state index contributed by atoms with van der Waals surface area (Å²) in [4.78, 5) is 72.7. The third-order valence-corrected chi connectivity index (χ3v) is 19.3. The fourth-order valence-corrected chi connectivity index (χ4v) is 12.7. The molecule has 0 heterocycles. The van der Waals surface area contributed by atoms with Crippen LogP contribution in [0.3, 0.4) is 0 Å². The molecule has 17 nitrogen and oxygen atoms in total. The summed E-state index contributed by atoms with van der Waals surface area (Å²) in [6, 6.07) is 0. The lowest BCUT2D eigenvalue weighted by Gasteiger charge is -2.21. The van der Waals surface area contributed by atoms with Crippen LogP contribution in [0.15, 0.2) is 0 Å². The van der Waals surface area contributed by atoms with E-state index in [1.165, 1.54) is 167 Å². The highest BCUT2D eigenvalue weighted by Gasteiger charge is 2.30.